The number of carboxylic acid groups (broad SMARTS) is 1. The van der Waals surface area contributed by atoms with Crippen molar-refractivity contribution in [3.8, 4) is 5.69 Å². The zero-order valence-corrected chi connectivity index (χ0v) is 21.2. The molecule has 1 aromatic carbocycles. The molecule has 4 rings (SSSR count). The Hall–Kier alpha value is -4.09. The van der Waals surface area contributed by atoms with Crippen LogP contribution in [0.1, 0.15) is 25.1 Å². The normalized spacial score (nSPS) is 14.2. The molecule has 2 unspecified atom stereocenters. The molecule has 0 bridgehead atoms. The third kappa shape index (κ3) is 5.37. The molecule has 0 fully saturated rings. The third-order valence-electron chi connectivity index (χ3n) is 6.02. The van der Waals surface area contributed by atoms with E-state index in [-0.39, 0.29) is 28.7 Å². The molecular formula is C26H28N6O4S. The van der Waals surface area contributed by atoms with Crippen molar-refractivity contribution in [3.63, 3.8) is 0 Å². The van der Waals surface area contributed by atoms with Gasteiger partial charge in [0, 0.05) is 31.2 Å². The van der Waals surface area contributed by atoms with Crippen molar-refractivity contribution in [1.29, 1.82) is 0 Å². The molecule has 4 N–H and O–H groups in total. The van der Waals surface area contributed by atoms with Gasteiger partial charge in [-0.25, -0.2) is 22.9 Å². The quantitative estimate of drug-likeness (QED) is 0.286. The number of rotatable bonds is 10. The van der Waals surface area contributed by atoms with Crippen LogP contribution in [0, 0.1) is 5.92 Å². The van der Waals surface area contributed by atoms with E-state index >= 15 is 0 Å². The molecule has 3 aromatic heterocycles. The second-order valence-electron chi connectivity index (χ2n) is 8.99. The molecule has 0 saturated carbocycles. The molecule has 3 heterocycles. The number of nitrogens with zero attached hydrogens (tertiary/aromatic N) is 4. The number of aromatic nitrogens is 4. The minimum atomic E-state index is -4.19. The Balaban J connectivity index is 1.77. The van der Waals surface area contributed by atoms with Crippen molar-refractivity contribution < 1.29 is 18.3 Å². The van der Waals surface area contributed by atoms with Gasteiger partial charge >= 0.3 is 5.97 Å². The Morgan fingerprint density at radius 1 is 1.08 bits per heavy atom. The first-order valence-corrected chi connectivity index (χ1v) is 13.1. The summed E-state index contributed by atoms with van der Waals surface area (Å²) in [5, 5.41) is 16.7. The standard InChI is InChI=1S/C26H28N6O4S/c1-18(2)24(25(33)34)31-23-8-3-7-22(30-23)26(27,37(35,36)21-6-4-13-28-17-21)16-19-9-11-20(12-10-19)32-15-5-14-29-32/h3-15,17-18,24H,16,27H2,1-2H3,(H,30,31)(H,33,34). The Bertz CT molecular complexity index is 1460. The Morgan fingerprint density at radius 2 is 1.84 bits per heavy atom. The van der Waals surface area contributed by atoms with E-state index in [1.807, 2.05) is 12.1 Å². The lowest BCUT2D eigenvalue weighted by molar-refractivity contribution is -0.138. The molecule has 0 aliphatic heterocycles. The molecule has 192 valence electrons. The van der Waals surface area contributed by atoms with E-state index in [2.05, 4.69) is 20.4 Å². The van der Waals surface area contributed by atoms with Gasteiger partial charge in [-0.05, 0) is 53.9 Å². The summed E-state index contributed by atoms with van der Waals surface area (Å²) in [6.45, 7) is 3.53. The van der Waals surface area contributed by atoms with Crippen LogP contribution in [0.25, 0.3) is 5.69 Å². The number of nitrogens with two attached hydrogens (primary N) is 1. The Morgan fingerprint density at radius 3 is 2.43 bits per heavy atom. The molecule has 0 amide bonds. The van der Waals surface area contributed by atoms with Crippen LogP contribution < -0.4 is 11.1 Å². The summed E-state index contributed by atoms with van der Waals surface area (Å²) in [4.78, 5) is 18.1. The van der Waals surface area contributed by atoms with Gasteiger partial charge in [-0.1, -0.05) is 32.0 Å². The average Bonchev–Trinajstić information content (AvgIpc) is 3.43. The number of hydrogen-bond donors (Lipinski definition) is 3. The minimum absolute atomic E-state index is 0.0450. The second kappa shape index (κ2) is 10.5. The van der Waals surface area contributed by atoms with Gasteiger partial charge in [-0.2, -0.15) is 5.10 Å². The fraction of sp³-hybridized carbons (Fsp3) is 0.231. The highest BCUT2D eigenvalue weighted by atomic mass is 32.2. The smallest absolute Gasteiger partial charge is 0.326 e. The summed E-state index contributed by atoms with van der Waals surface area (Å²) < 4.78 is 29.5. The van der Waals surface area contributed by atoms with Gasteiger partial charge in [0.2, 0.25) is 9.84 Å². The number of pyridine rings is 2. The first kappa shape index (κ1) is 26.0. The van der Waals surface area contributed by atoms with Gasteiger partial charge in [-0.3, -0.25) is 4.98 Å². The molecule has 11 heteroatoms. The first-order valence-electron chi connectivity index (χ1n) is 11.6. The maximum atomic E-state index is 13.9. The fourth-order valence-electron chi connectivity index (χ4n) is 3.95. The summed E-state index contributed by atoms with van der Waals surface area (Å²) in [5.41, 5.74) is 8.32. The van der Waals surface area contributed by atoms with Crippen LogP contribution in [-0.2, 0) is 25.9 Å². The number of carbonyl (C=O) groups is 1. The van der Waals surface area contributed by atoms with E-state index < -0.39 is 26.7 Å². The van der Waals surface area contributed by atoms with Crippen molar-refractivity contribution >= 4 is 21.6 Å². The lowest BCUT2D eigenvalue weighted by Crippen LogP contribution is -2.47. The Kier molecular flexibility index (Phi) is 7.37. The van der Waals surface area contributed by atoms with E-state index in [1.54, 1.807) is 61.3 Å². The number of aliphatic carboxylic acids is 1. The predicted molar refractivity (Wildman–Crippen MR) is 139 cm³/mol. The topological polar surface area (TPSA) is 153 Å². The molecule has 4 aromatic rings. The van der Waals surface area contributed by atoms with Crippen LogP contribution in [0.2, 0.25) is 0 Å². The van der Waals surface area contributed by atoms with Gasteiger partial charge in [-0.15, -0.1) is 0 Å². The van der Waals surface area contributed by atoms with E-state index in [0.717, 1.165) is 5.69 Å². The molecule has 0 aliphatic rings. The van der Waals surface area contributed by atoms with Crippen molar-refractivity contribution in [2.45, 2.75) is 36.1 Å². The highest BCUT2D eigenvalue weighted by Crippen LogP contribution is 2.34. The van der Waals surface area contributed by atoms with Crippen LogP contribution in [0.15, 0.2) is 90.3 Å². The van der Waals surface area contributed by atoms with Crippen LogP contribution in [-0.4, -0.2) is 45.3 Å². The highest BCUT2D eigenvalue weighted by molar-refractivity contribution is 7.92. The average molecular weight is 521 g/mol. The summed E-state index contributed by atoms with van der Waals surface area (Å²) in [5.74, 6) is -1.07. The molecule has 0 aliphatic carbocycles. The fourth-order valence-corrected chi connectivity index (χ4v) is 5.58. The van der Waals surface area contributed by atoms with Gasteiger partial charge in [0.15, 0.2) is 4.87 Å². The summed E-state index contributed by atoms with van der Waals surface area (Å²) >= 11 is 0. The number of anilines is 1. The molecular weight excluding hydrogens is 492 g/mol. The number of sulfone groups is 1. The summed E-state index contributed by atoms with van der Waals surface area (Å²) in [7, 11) is -4.19. The number of benzene rings is 1. The zero-order valence-electron chi connectivity index (χ0n) is 20.4. The van der Waals surface area contributed by atoms with Gasteiger partial charge in [0.25, 0.3) is 0 Å². The highest BCUT2D eigenvalue weighted by Gasteiger charge is 2.44. The molecule has 2 atom stereocenters. The lowest BCUT2D eigenvalue weighted by Gasteiger charge is -2.30. The molecule has 0 radical (unpaired) electrons. The van der Waals surface area contributed by atoms with Crippen LogP contribution >= 0.6 is 0 Å². The number of hydrogen-bond acceptors (Lipinski definition) is 8. The van der Waals surface area contributed by atoms with Crippen LogP contribution in [0.5, 0.6) is 0 Å². The maximum Gasteiger partial charge on any atom is 0.326 e. The Labute approximate surface area is 215 Å². The molecule has 37 heavy (non-hydrogen) atoms. The number of nitrogens with one attached hydrogen (secondary N) is 1. The molecule has 0 saturated heterocycles. The van der Waals surface area contributed by atoms with Gasteiger partial charge < -0.3 is 16.2 Å². The van der Waals surface area contributed by atoms with Crippen molar-refractivity contribution in [1.82, 2.24) is 19.7 Å². The van der Waals surface area contributed by atoms with E-state index in [0.29, 0.717) is 5.56 Å². The minimum Gasteiger partial charge on any atom is -0.480 e. The molecule has 10 nitrogen and oxygen atoms in total. The second-order valence-corrected chi connectivity index (χ2v) is 11.2. The zero-order chi connectivity index (χ0) is 26.6. The van der Waals surface area contributed by atoms with E-state index in [9.17, 15) is 18.3 Å². The third-order valence-corrected chi connectivity index (χ3v) is 8.19. The predicted octanol–water partition coefficient (Wildman–Crippen LogP) is 3.01. The summed E-state index contributed by atoms with van der Waals surface area (Å²) in [6, 6.07) is 15.8. The van der Waals surface area contributed by atoms with Crippen LogP contribution in [0.4, 0.5) is 5.82 Å². The maximum absolute atomic E-state index is 13.9. The van der Waals surface area contributed by atoms with Gasteiger partial charge in [0.1, 0.15) is 11.9 Å². The monoisotopic (exact) mass is 520 g/mol. The van der Waals surface area contributed by atoms with Crippen molar-refractivity contribution in [2.24, 2.45) is 11.7 Å². The number of carboxylic acids is 1. The largest absolute Gasteiger partial charge is 0.480 e. The SMILES string of the molecule is CC(C)C(Nc1cccc(C(N)(Cc2ccc(-n3cccn3)cc2)S(=O)(=O)c2cccnc2)n1)C(=O)O. The summed E-state index contributed by atoms with van der Waals surface area (Å²) in [6.07, 6.45) is 6.11. The lowest BCUT2D eigenvalue weighted by atomic mass is 10.0. The van der Waals surface area contributed by atoms with Gasteiger partial charge in [0.05, 0.1) is 16.3 Å². The van der Waals surface area contributed by atoms with Crippen molar-refractivity contribution in [3.05, 3.63) is 96.7 Å². The van der Waals surface area contributed by atoms with Crippen molar-refractivity contribution in [2.75, 3.05) is 5.32 Å². The van der Waals surface area contributed by atoms with Crippen LogP contribution in [0.3, 0.4) is 0 Å². The first-order chi connectivity index (χ1) is 17.6. The van der Waals surface area contributed by atoms with E-state index in [1.165, 1.54) is 30.6 Å². The molecule has 0 spiro atoms. The van der Waals surface area contributed by atoms with E-state index in [4.69, 9.17) is 5.73 Å².